The van der Waals surface area contributed by atoms with Gasteiger partial charge in [-0.25, -0.2) is 0 Å². The highest BCUT2D eigenvalue weighted by atomic mass is 16.6. The summed E-state index contributed by atoms with van der Waals surface area (Å²) in [7, 11) is 5.40. The van der Waals surface area contributed by atoms with Crippen molar-refractivity contribution in [2.45, 2.75) is 212 Å². The van der Waals surface area contributed by atoms with Gasteiger partial charge >= 0.3 is 11.9 Å². The van der Waals surface area contributed by atoms with Crippen LogP contribution in [0.2, 0.25) is 0 Å². The van der Waals surface area contributed by atoms with Crippen molar-refractivity contribution in [1.29, 1.82) is 0 Å². The Hall–Kier alpha value is -2.19. The van der Waals surface area contributed by atoms with E-state index in [-0.39, 0.29) is 42.7 Å². The molecule has 0 heterocycles. The fourth-order valence-electron chi connectivity index (χ4n) is 6.57. The van der Waals surface area contributed by atoms with Gasteiger partial charge in [-0.2, -0.15) is 0 Å². The van der Waals surface area contributed by atoms with E-state index >= 15 is 0 Å². The van der Waals surface area contributed by atoms with Crippen molar-refractivity contribution < 1.29 is 38.2 Å². The molecular formula is C46H85NO7. The number of esters is 2. The molecule has 0 aliphatic carbocycles. The third kappa shape index (κ3) is 35.5. The zero-order valence-corrected chi connectivity index (χ0v) is 35.9. The number of ether oxygens (including phenoxy) is 3. The highest BCUT2D eigenvalue weighted by molar-refractivity contribution is 5.70. The van der Waals surface area contributed by atoms with E-state index in [1.54, 1.807) is 21.1 Å². The van der Waals surface area contributed by atoms with Gasteiger partial charge in [-0.05, 0) is 44.9 Å². The fraction of sp³-hybridized carbons (Fsp3) is 0.848. The molecule has 0 fully saturated rings. The van der Waals surface area contributed by atoms with E-state index < -0.39 is 18.1 Å². The molecule has 0 saturated heterocycles. The summed E-state index contributed by atoms with van der Waals surface area (Å²) in [6.45, 7) is 4.62. The Morgan fingerprint density at radius 3 is 1.43 bits per heavy atom. The SMILES string of the molecule is CCCCCCCCCCC/C=C/C/C=C/CCCCCCCCCC(=O)OC(COCCC(C(=O)[O-])[N+](C)(C)C)COC(=O)CCCCCCCCC. The van der Waals surface area contributed by atoms with Gasteiger partial charge in [-0.3, -0.25) is 9.59 Å². The van der Waals surface area contributed by atoms with Gasteiger partial charge in [-0.15, -0.1) is 0 Å². The number of unbranched alkanes of at least 4 members (excludes halogenated alkanes) is 22. The van der Waals surface area contributed by atoms with Crippen LogP contribution in [-0.4, -0.2) is 75.5 Å². The highest BCUT2D eigenvalue weighted by Crippen LogP contribution is 2.14. The van der Waals surface area contributed by atoms with E-state index in [1.165, 1.54) is 116 Å². The van der Waals surface area contributed by atoms with Gasteiger partial charge < -0.3 is 28.6 Å². The van der Waals surface area contributed by atoms with Crippen LogP contribution in [-0.2, 0) is 28.6 Å². The number of nitrogens with zero attached hydrogens (tertiary/aromatic N) is 1. The molecule has 0 aromatic heterocycles. The Morgan fingerprint density at radius 2 is 0.981 bits per heavy atom. The van der Waals surface area contributed by atoms with E-state index in [1.807, 2.05) is 0 Å². The summed E-state index contributed by atoms with van der Waals surface area (Å²) < 4.78 is 17.1. The molecule has 0 saturated carbocycles. The number of hydrogen-bond donors (Lipinski definition) is 0. The third-order valence-corrected chi connectivity index (χ3v) is 10.1. The normalized spacial score (nSPS) is 13.1. The summed E-state index contributed by atoms with van der Waals surface area (Å²) in [5.41, 5.74) is 0. The fourth-order valence-corrected chi connectivity index (χ4v) is 6.57. The zero-order chi connectivity index (χ0) is 40.0. The number of carbonyl (C=O) groups excluding carboxylic acids is 3. The summed E-state index contributed by atoms with van der Waals surface area (Å²) in [4.78, 5) is 36.6. The van der Waals surface area contributed by atoms with Gasteiger partial charge in [0.25, 0.3) is 0 Å². The Kier molecular flexibility index (Phi) is 36.2. The molecule has 0 aliphatic heterocycles. The van der Waals surface area contributed by atoms with Gasteiger partial charge in [0.2, 0.25) is 0 Å². The molecule has 0 rings (SSSR count). The van der Waals surface area contributed by atoms with Crippen molar-refractivity contribution in [3.63, 3.8) is 0 Å². The smallest absolute Gasteiger partial charge is 0.306 e. The van der Waals surface area contributed by atoms with Crippen molar-refractivity contribution in [3.8, 4) is 0 Å². The van der Waals surface area contributed by atoms with Crippen LogP contribution in [0, 0.1) is 0 Å². The van der Waals surface area contributed by atoms with Gasteiger partial charge in [-0.1, -0.05) is 160 Å². The van der Waals surface area contributed by atoms with Crippen LogP contribution in [0.25, 0.3) is 0 Å². The number of carboxylic acids is 1. The molecule has 0 bridgehead atoms. The maximum absolute atomic E-state index is 12.7. The average Bonchev–Trinajstić information content (AvgIpc) is 3.12. The summed E-state index contributed by atoms with van der Waals surface area (Å²) in [5, 5.41) is 11.6. The molecule has 2 unspecified atom stereocenters. The second kappa shape index (κ2) is 37.7. The molecule has 8 nitrogen and oxygen atoms in total. The largest absolute Gasteiger partial charge is 0.544 e. The zero-order valence-electron chi connectivity index (χ0n) is 35.9. The lowest BCUT2D eigenvalue weighted by molar-refractivity contribution is -0.889. The van der Waals surface area contributed by atoms with E-state index in [0.717, 1.165) is 51.4 Å². The van der Waals surface area contributed by atoms with Crippen molar-refractivity contribution in [2.24, 2.45) is 0 Å². The molecule has 0 aliphatic rings. The van der Waals surface area contributed by atoms with E-state index in [0.29, 0.717) is 12.8 Å². The average molecular weight is 764 g/mol. The lowest BCUT2D eigenvalue weighted by Crippen LogP contribution is -2.55. The Morgan fingerprint density at radius 1 is 0.556 bits per heavy atom. The molecule has 0 aromatic carbocycles. The second-order valence-corrected chi connectivity index (χ2v) is 16.3. The maximum atomic E-state index is 12.7. The first kappa shape index (κ1) is 51.8. The molecule has 8 heteroatoms. The quantitative estimate of drug-likeness (QED) is 0.0265. The maximum Gasteiger partial charge on any atom is 0.306 e. The molecule has 2 atom stereocenters. The molecular weight excluding hydrogens is 679 g/mol. The summed E-state index contributed by atoms with van der Waals surface area (Å²) >= 11 is 0. The minimum Gasteiger partial charge on any atom is -0.544 e. The molecule has 0 aromatic rings. The topological polar surface area (TPSA) is 102 Å². The Bertz CT molecular complexity index is 942. The molecule has 0 radical (unpaired) electrons. The first-order chi connectivity index (χ1) is 26.1. The third-order valence-electron chi connectivity index (χ3n) is 10.1. The number of rotatable bonds is 40. The monoisotopic (exact) mass is 764 g/mol. The number of quaternary nitrogens is 1. The number of aliphatic carboxylic acids is 1. The lowest BCUT2D eigenvalue weighted by atomic mass is 10.1. The van der Waals surface area contributed by atoms with Crippen LogP contribution in [0.3, 0.4) is 0 Å². The van der Waals surface area contributed by atoms with Gasteiger partial charge in [0, 0.05) is 19.3 Å². The number of likely N-dealkylation sites (N-methyl/N-ethyl adjacent to an activating group) is 1. The molecule has 0 spiro atoms. The van der Waals surface area contributed by atoms with Crippen LogP contribution in [0.1, 0.15) is 200 Å². The van der Waals surface area contributed by atoms with Crippen molar-refractivity contribution in [1.82, 2.24) is 0 Å². The Balaban J connectivity index is 4.17. The van der Waals surface area contributed by atoms with Gasteiger partial charge in [0.15, 0.2) is 6.10 Å². The minimum absolute atomic E-state index is 0.0403. The number of carbonyl (C=O) groups is 3. The molecule has 0 N–H and O–H groups in total. The number of allylic oxidation sites excluding steroid dienone is 4. The minimum atomic E-state index is -1.13. The van der Waals surface area contributed by atoms with E-state index in [2.05, 4.69) is 38.2 Å². The van der Waals surface area contributed by atoms with Crippen LogP contribution in [0.15, 0.2) is 24.3 Å². The summed E-state index contributed by atoms with van der Waals surface area (Å²) in [6, 6.07) is -0.723. The predicted octanol–water partition coefficient (Wildman–Crippen LogP) is 10.7. The lowest BCUT2D eigenvalue weighted by Gasteiger charge is -2.34. The Labute approximate surface area is 332 Å². The molecule has 0 amide bonds. The van der Waals surface area contributed by atoms with Crippen LogP contribution in [0.4, 0.5) is 0 Å². The standard InChI is InChI=1S/C46H85NO7/c1-6-8-10-12-14-15-16-17-18-19-20-21-22-23-24-25-26-27-28-29-31-33-35-37-45(49)54-42(40-52-39-38-43(46(50)51)47(3,4)5)41-53-44(48)36-34-32-30-13-11-9-7-2/h20-21,23-24,42-43H,6-19,22,25-41H2,1-5H3/b21-20+,24-23+. The van der Waals surface area contributed by atoms with E-state index in [4.69, 9.17) is 14.2 Å². The van der Waals surface area contributed by atoms with Crippen LogP contribution in [0.5, 0.6) is 0 Å². The van der Waals surface area contributed by atoms with Crippen LogP contribution < -0.4 is 5.11 Å². The van der Waals surface area contributed by atoms with Gasteiger partial charge in [0.1, 0.15) is 12.6 Å². The van der Waals surface area contributed by atoms with Crippen molar-refractivity contribution >= 4 is 17.9 Å². The molecule has 316 valence electrons. The van der Waals surface area contributed by atoms with Crippen molar-refractivity contribution in [3.05, 3.63) is 24.3 Å². The van der Waals surface area contributed by atoms with Crippen molar-refractivity contribution in [2.75, 3.05) is 41.0 Å². The first-order valence-electron chi connectivity index (χ1n) is 22.4. The number of hydrogen-bond acceptors (Lipinski definition) is 7. The van der Waals surface area contributed by atoms with E-state index in [9.17, 15) is 19.5 Å². The predicted molar refractivity (Wildman–Crippen MR) is 222 cm³/mol. The summed E-state index contributed by atoms with van der Waals surface area (Å²) in [6.07, 6.45) is 40.8. The highest BCUT2D eigenvalue weighted by Gasteiger charge is 2.25. The summed E-state index contributed by atoms with van der Waals surface area (Å²) in [5.74, 6) is -1.75. The number of carboxylic acid groups (broad SMARTS) is 1. The van der Waals surface area contributed by atoms with Crippen LogP contribution >= 0.6 is 0 Å². The first-order valence-corrected chi connectivity index (χ1v) is 22.4. The van der Waals surface area contributed by atoms with Gasteiger partial charge in [0.05, 0.1) is 40.3 Å². The second-order valence-electron chi connectivity index (χ2n) is 16.3. The molecule has 54 heavy (non-hydrogen) atoms.